The van der Waals surface area contributed by atoms with Crippen LogP contribution in [0.1, 0.15) is 5.56 Å². The molecule has 0 saturated heterocycles. The molecule has 0 aliphatic rings. The number of aromatic amines is 1. The summed E-state index contributed by atoms with van der Waals surface area (Å²) in [5, 5.41) is 3.79. The van der Waals surface area contributed by atoms with Crippen molar-refractivity contribution < 1.29 is 0 Å². The molecule has 0 amide bonds. The fraction of sp³-hybridized carbons (Fsp3) is 0.0833. The monoisotopic (exact) mass is 274 g/mol. The van der Waals surface area contributed by atoms with Crippen LogP contribution in [0, 0.1) is 6.92 Å². The minimum Gasteiger partial charge on any atom is -0.368 e. The van der Waals surface area contributed by atoms with E-state index in [9.17, 15) is 0 Å². The zero-order valence-corrected chi connectivity index (χ0v) is 10.9. The third-order valence-corrected chi connectivity index (χ3v) is 3.08. The Morgan fingerprint density at radius 3 is 2.95 bits per heavy atom. The summed E-state index contributed by atoms with van der Waals surface area (Å²) in [6.45, 7) is 1.96. The number of hydrogen-bond donors (Lipinski definition) is 3. The van der Waals surface area contributed by atoms with E-state index in [-0.39, 0.29) is 5.95 Å². The van der Waals surface area contributed by atoms with Gasteiger partial charge in [-0.05, 0) is 18.6 Å². The number of aryl methyl sites for hydroxylation is 1. The van der Waals surface area contributed by atoms with Crippen LogP contribution in [0.25, 0.3) is 11.2 Å². The SMILES string of the molecule is Cc1cccc(Cl)c1Nc1nc(N)nc2nc[nH]c12. The molecule has 3 rings (SSSR count). The van der Waals surface area contributed by atoms with Gasteiger partial charge in [0, 0.05) is 0 Å². The van der Waals surface area contributed by atoms with Crippen molar-refractivity contribution in [2.24, 2.45) is 0 Å². The van der Waals surface area contributed by atoms with Crippen molar-refractivity contribution in [3.8, 4) is 0 Å². The van der Waals surface area contributed by atoms with Crippen LogP contribution < -0.4 is 11.1 Å². The third-order valence-electron chi connectivity index (χ3n) is 2.77. The number of benzene rings is 1. The van der Waals surface area contributed by atoms with E-state index >= 15 is 0 Å². The first-order valence-electron chi connectivity index (χ1n) is 5.64. The second-order valence-electron chi connectivity index (χ2n) is 4.09. The molecule has 3 aromatic rings. The van der Waals surface area contributed by atoms with Gasteiger partial charge in [0.1, 0.15) is 5.52 Å². The van der Waals surface area contributed by atoms with E-state index in [1.807, 2.05) is 25.1 Å². The van der Waals surface area contributed by atoms with Crippen LogP contribution in [0.5, 0.6) is 0 Å². The second-order valence-corrected chi connectivity index (χ2v) is 4.50. The standard InChI is InChI=1S/C12H11ClN6/c1-6-3-2-4-7(13)8(6)17-11-9-10(16-5-15-9)18-12(14)19-11/h2-5H,1H3,(H4,14,15,16,17,18,19). The molecular formula is C12H11ClN6. The molecule has 7 heteroatoms. The Hall–Kier alpha value is -2.34. The van der Waals surface area contributed by atoms with E-state index in [2.05, 4.69) is 25.3 Å². The van der Waals surface area contributed by atoms with Crippen molar-refractivity contribution in [1.82, 2.24) is 19.9 Å². The summed E-state index contributed by atoms with van der Waals surface area (Å²) in [7, 11) is 0. The minimum atomic E-state index is 0.159. The number of anilines is 3. The Bertz CT molecular complexity index is 731. The summed E-state index contributed by atoms with van der Waals surface area (Å²) < 4.78 is 0. The number of H-pyrrole nitrogens is 1. The van der Waals surface area contributed by atoms with E-state index in [0.29, 0.717) is 22.0 Å². The normalized spacial score (nSPS) is 10.8. The van der Waals surface area contributed by atoms with Crippen molar-refractivity contribution in [3.63, 3.8) is 0 Å². The lowest BCUT2D eigenvalue weighted by atomic mass is 10.2. The Morgan fingerprint density at radius 2 is 2.16 bits per heavy atom. The van der Waals surface area contributed by atoms with Crippen molar-refractivity contribution in [2.75, 3.05) is 11.1 Å². The molecule has 0 atom stereocenters. The Morgan fingerprint density at radius 1 is 1.32 bits per heavy atom. The van der Waals surface area contributed by atoms with Crippen molar-refractivity contribution in [3.05, 3.63) is 35.1 Å². The first kappa shape index (κ1) is 11.7. The lowest BCUT2D eigenvalue weighted by molar-refractivity contribution is 1.21. The molecule has 0 aliphatic carbocycles. The molecule has 2 heterocycles. The molecule has 96 valence electrons. The molecule has 1 aromatic carbocycles. The summed E-state index contributed by atoms with van der Waals surface area (Å²) >= 11 is 6.18. The molecule has 0 spiro atoms. The average Bonchev–Trinajstić information content (AvgIpc) is 2.81. The highest BCUT2D eigenvalue weighted by Gasteiger charge is 2.11. The highest BCUT2D eigenvalue weighted by molar-refractivity contribution is 6.33. The van der Waals surface area contributed by atoms with Crippen LogP contribution in [0.2, 0.25) is 5.02 Å². The van der Waals surface area contributed by atoms with E-state index in [1.165, 1.54) is 0 Å². The van der Waals surface area contributed by atoms with Gasteiger partial charge in [-0.1, -0.05) is 23.7 Å². The van der Waals surface area contributed by atoms with E-state index in [0.717, 1.165) is 11.3 Å². The number of fused-ring (bicyclic) bond motifs is 1. The number of nitrogens with zero attached hydrogens (tertiary/aromatic N) is 3. The highest BCUT2D eigenvalue weighted by atomic mass is 35.5. The first-order valence-corrected chi connectivity index (χ1v) is 6.01. The lowest BCUT2D eigenvalue weighted by Gasteiger charge is -2.11. The third kappa shape index (κ3) is 2.06. The molecule has 0 unspecified atom stereocenters. The molecule has 19 heavy (non-hydrogen) atoms. The minimum absolute atomic E-state index is 0.159. The number of para-hydroxylation sites is 1. The number of halogens is 1. The fourth-order valence-electron chi connectivity index (χ4n) is 1.85. The predicted octanol–water partition coefficient (Wildman–Crippen LogP) is 2.64. The Labute approximate surface area is 114 Å². The average molecular weight is 275 g/mol. The van der Waals surface area contributed by atoms with Gasteiger partial charge in [0.05, 0.1) is 17.0 Å². The number of nitrogens with two attached hydrogens (primary N) is 1. The molecule has 0 saturated carbocycles. The molecule has 6 nitrogen and oxygen atoms in total. The number of hydrogen-bond acceptors (Lipinski definition) is 5. The van der Waals surface area contributed by atoms with Crippen LogP contribution in [-0.4, -0.2) is 19.9 Å². The van der Waals surface area contributed by atoms with Crippen LogP contribution >= 0.6 is 11.6 Å². The molecule has 0 bridgehead atoms. The van der Waals surface area contributed by atoms with Gasteiger partial charge < -0.3 is 16.0 Å². The summed E-state index contributed by atoms with van der Waals surface area (Å²) in [6, 6.07) is 5.66. The van der Waals surface area contributed by atoms with Gasteiger partial charge in [-0.3, -0.25) is 0 Å². The Kier molecular flexibility index (Phi) is 2.72. The quantitative estimate of drug-likeness (QED) is 0.668. The predicted molar refractivity (Wildman–Crippen MR) is 75.6 cm³/mol. The molecule has 0 radical (unpaired) electrons. The molecule has 0 aliphatic heterocycles. The molecule has 2 aromatic heterocycles. The van der Waals surface area contributed by atoms with Crippen molar-refractivity contribution in [2.45, 2.75) is 6.92 Å². The number of aromatic nitrogens is 4. The van der Waals surface area contributed by atoms with Gasteiger partial charge in [-0.25, -0.2) is 4.98 Å². The Balaban J connectivity index is 2.13. The highest BCUT2D eigenvalue weighted by Crippen LogP contribution is 2.30. The summed E-state index contributed by atoms with van der Waals surface area (Å²) in [5.41, 5.74) is 8.67. The van der Waals surface area contributed by atoms with Crippen LogP contribution in [0.3, 0.4) is 0 Å². The van der Waals surface area contributed by atoms with Gasteiger partial charge in [0.25, 0.3) is 0 Å². The van der Waals surface area contributed by atoms with Gasteiger partial charge in [0.15, 0.2) is 11.5 Å². The zero-order valence-electron chi connectivity index (χ0n) is 10.1. The van der Waals surface area contributed by atoms with Crippen molar-refractivity contribution >= 4 is 40.2 Å². The summed E-state index contributed by atoms with van der Waals surface area (Å²) in [4.78, 5) is 15.3. The van der Waals surface area contributed by atoms with Crippen molar-refractivity contribution in [1.29, 1.82) is 0 Å². The molecular weight excluding hydrogens is 264 g/mol. The van der Waals surface area contributed by atoms with E-state index in [1.54, 1.807) is 6.33 Å². The first-order chi connectivity index (χ1) is 9.15. The largest absolute Gasteiger partial charge is 0.368 e. The van der Waals surface area contributed by atoms with Crippen LogP contribution in [0.15, 0.2) is 24.5 Å². The maximum Gasteiger partial charge on any atom is 0.224 e. The summed E-state index contributed by atoms with van der Waals surface area (Å²) in [6.07, 6.45) is 1.55. The number of nitrogen functional groups attached to an aromatic ring is 1. The fourth-order valence-corrected chi connectivity index (χ4v) is 2.12. The second kappa shape index (κ2) is 4.40. The number of imidazole rings is 1. The maximum absolute atomic E-state index is 6.18. The lowest BCUT2D eigenvalue weighted by Crippen LogP contribution is -2.02. The maximum atomic E-state index is 6.18. The molecule has 0 fully saturated rings. The van der Waals surface area contributed by atoms with E-state index in [4.69, 9.17) is 17.3 Å². The van der Waals surface area contributed by atoms with Gasteiger partial charge in [-0.15, -0.1) is 0 Å². The van der Waals surface area contributed by atoms with Crippen LogP contribution in [0.4, 0.5) is 17.5 Å². The molecule has 4 N–H and O–H groups in total. The topological polar surface area (TPSA) is 92.5 Å². The van der Waals surface area contributed by atoms with Gasteiger partial charge >= 0.3 is 0 Å². The number of rotatable bonds is 2. The van der Waals surface area contributed by atoms with Crippen LogP contribution in [-0.2, 0) is 0 Å². The summed E-state index contributed by atoms with van der Waals surface area (Å²) in [5.74, 6) is 0.711. The van der Waals surface area contributed by atoms with E-state index < -0.39 is 0 Å². The smallest absolute Gasteiger partial charge is 0.224 e. The van der Waals surface area contributed by atoms with Gasteiger partial charge in [-0.2, -0.15) is 9.97 Å². The number of nitrogens with one attached hydrogen (secondary N) is 2. The zero-order chi connectivity index (χ0) is 13.4. The van der Waals surface area contributed by atoms with Gasteiger partial charge in [0.2, 0.25) is 5.95 Å².